The summed E-state index contributed by atoms with van der Waals surface area (Å²) in [7, 11) is -3.30. The van der Waals surface area contributed by atoms with Crippen LogP contribution in [0.1, 0.15) is 28.7 Å². The molecule has 3 aliphatic rings. The summed E-state index contributed by atoms with van der Waals surface area (Å²) in [5.74, 6) is 5.74. The molecule has 1 heterocycles. The highest BCUT2D eigenvalue weighted by molar-refractivity contribution is 7.38. The van der Waals surface area contributed by atoms with Gasteiger partial charge in [0.15, 0.2) is 7.83 Å². The maximum atomic E-state index is 7.14. The lowest BCUT2D eigenvalue weighted by atomic mass is 9.79. The molecule has 1 aliphatic heterocycles. The van der Waals surface area contributed by atoms with Gasteiger partial charge in [0.05, 0.1) is 7.59 Å². The Morgan fingerprint density at radius 1 is 0.719 bits per heavy atom. The summed E-state index contributed by atoms with van der Waals surface area (Å²) >= 11 is 0. The van der Waals surface area contributed by atoms with E-state index in [9.17, 15) is 0 Å². The Balaban J connectivity index is 0.000000346. The molecule has 32 heavy (non-hydrogen) atoms. The monoisotopic (exact) mass is 450 g/mol. The lowest BCUT2D eigenvalue weighted by Gasteiger charge is -2.53. The zero-order valence-electron chi connectivity index (χ0n) is 19.4. The van der Waals surface area contributed by atoms with Crippen molar-refractivity contribution in [2.24, 2.45) is 0 Å². The van der Waals surface area contributed by atoms with Crippen LogP contribution >= 0.6 is 0 Å². The first-order chi connectivity index (χ1) is 15.2. The summed E-state index contributed by atoms with van der Waals surface area (Å²) in [6, 6.07) is 26.0. The lowest BCUT2D eigenvalue weighted by Crippen LogP contribution is -2.64. The maximum Gasteiger partial charge on any atom is 0.175 e. The molecule has 1 fully saturated rings. The average molecular weight is 451 g/mol. The number of fused-ring (bicyclic) bond motifs is 1. The lowest BCUT2D eigenvalue weighted by molar-refractivity contribution is 0.0933. The minimum atomic E-state index is -1.89. The Morgan fingerprint density at radius 2 is 1.16 bits per heavy atom. The quantitative estimate of drug-likeness (QED) is 0.237. The van der Waals surface area contributed by atoms with E-state index < -0.39 is 21.0 Å². The van der Waals surface area contributed by atoms with Crippen molar-refractivity contribution < 1.29 is 4.43 Å². The van der Waals surface area contributed by atoms with Crippen LogP contribution in [0.2, 0.25) is 32.2 Å². The van der Waals surface area contributed by atoms with Gasteiger partial charge in [-0.25, -0.2) is 0 Å². The van der Waals surface area contributed by atoms with E-state index >= 15 is 0 Å². The fourth-order valence-electron chi connectivity index (χ4n) is 4.52. The molecule has 0 bridgehead atoms. The maximum absolute atomic E-state index is 7.14. The molecule has 2 aromatic rings. The van der Waals surface area contributed by atoms with E-state index in [1.165, 1.54) is 17.2 Å². The third-order valence-electron chi connectivity index (χ3n) is 7.41. The molecule has 160 valence electrons. The predicted octanol–water partition coefficient (Wildman–Crippen LogP) is 6.97. The first-order valence-electron chi connectivity index (χ1n) is 11.2. The Kier molecular flexibility index (Phi) is 5.78. The zero-order chi connectivity index (χ0) is 23.0. The van der Waals surface area contributed by atoms with Crippen molar-refractivity contribution in [3.63, 3.8) is 0 Å². The molecule has 0 saturated carbocycles. The summed E-state index contributed by atoms with van der Waals surface area (Å²) in [6.07, 6.45) is 12.7. The normalized spacial score (nSPS) is 18.3. The molecule has 1 saturated heterocycles. The fourth-order valence-corrected chi connectivity index (χ4v) is 11.1. The molecule has 0 radical (unpaired) electrons. The molecule has 2 aliphatic carbocycles. The van der Waals surface area contributed by atoms with Crippen LogP contribution in [-0.4, -0.2) is 15.4 Å². The van der Waals surface area contributed by atoms with Crippen LogP contribution < -0.4 is 0 Å². The Hall–Kier alpha value is -2.83. The average Bonchev–Trinajstić information content (AvgIpc) is 2.78. The number of hydrogen-bond acceptors (Lipinski definition) is 1. The molecular formula is C29H30OSi2. The second kappa shape index (κ2) is 8.26. The van der Waals surface area contributed by atoms with Gasteiger partial charge in [-0.05, 0) is 42.8 Å². The summed E-state index contributed by atoms with van der Waals surface area (Å²) in [5, 5.41) is 0. The largest absolute Gasteiger partial charge is 0.406 e. The van der Waals surface area contributed by atoms with Crippen LogP contribution in [0.15, 0.2) is 72.8 Å². The van der Waals surface area contributed by atoms with E-state index in [-0.39, 0.29) is 0 Å². The predicted molar refractivity (Wildman–Crippen MR) is 140 cm³/mol. The third-order valence-corrected chi connectivity index (χ3v) is 23.9. The van der Waals surface area contributed by atoms with Gasteiger partial charge in [0.1, 0.15) is 5.60 Å². The topological polar surface area (TPSA) is 9.23 Å². The van der Waals surface area contributed by atoms with E-state index in [0.29, 0.717) is 0 Å². The summed E-state index contributed by atoms with van der Waals surface area (Å²) in [6.45, 7) is 9.65. The molecule has 0 N–H and O–H groups in total. The second-order valence-corrected chi connectivity index (χ2v) is 24.9. The summed E-state index contributed by atoms with van der Waals surface area (Å²) < 4.78 is 7.14. The molecule has 1 nitrogen and oxygen atoms in total. The Labute approximate surface area is 194 Å². The van der Waals surface area contributed by atoms with Crippen LogP contribution in [0.5, 0.6) is 0 Å². The van der Waals surface area contributed by atoms with Crippen LogP contribution in [0.25, 0.3) is 11.1 Å². The number of rotatable bonds is 2. The van der Waals surface area contributed by atoms with E-state index in [1.807, 2.05) is 36.4 Å². The number of hydrogen-bond donors (Lipinski definition) is 0. The van der Waals surface area contributed by atoms with E-state index in [0.717, 1.165) is 28.7 Å². The van der Waals surface area contributed by atoms with Crippen molar-refractivity contribution in [3.8, 4) is 35.8 Å². The van der Waals surface area contributed by atoms with Crippen molar-refractivity contribution in [1.29, 1.82) is 0 Å². The number of terminal acetylenes is 2. The first-order valence-corrected chi connectivity index (χ1v) is 18.3. The molecule has 3 heteroatoms. The zero-order valence-corrected chi connectivity index (χ0v) is 21.4. The highest BCUT2D eigenvalue weighted by Gasteiger charge is 2.55. The minimum absolute atomic E-state index is 0.551. The van der Waals surface area contributed by atoms with Crippen molar-refractivity contribution in [2.75, 3.05) is 0 Å². The Morgan fingerprint density at radius 3 is 1.50 bits per heavy atom. The number of benzene rings is 3. The van der Waals surface area contributed by atoms with Crippen molar-refractivity contribution in [3.05, 3.63) is 95.1 Å². The second-order valence-electron chi connectivity index (χ2n) is 9.78. The highest BCUT2D eigenvalue weighted by atomic mass is 29.3. The molecule has 0 spiro atoms. The van der Waals surface area contributed by atoms with Crippen molar-refractivity contribution >= 4 is 15.4 Å². The molecular weight excluding hydrogens is 420 g/mol. The highest BCUT2D eigenvalue weighted by Crippen LogP contribution is 2.50. The minimum Gasteiger partial charge on any atom is -0.406 e. The van der Waals surface area contributed by atoms with Gasteiger partial charge in [-0.15, -0.1) is 12.8 Å². The van der Waals surface area contributed by atoms with Gasteiger partial charge in [0, 0.05) is 22.3 Å². The summed E-state index contributed by atoms with van der Waals surface area (Å²) in [4.78, 5) is 0. The third kappa shape index (κ3) is 3.67. The van der Waals surface area contributed by atoms with E-state index in [4.69, 9.17) is 17.3 Å². The van der Waals surface area contributed by atoms with Crippen LogP contribution in [-0.2, 0) is 10.0 Å². The fraction of sp³-hybridized carbons (Fsp3) is 0.241. The molecule has 0 aromatic heterocycles. The van der Waals surface area contributed by atoms with E-state index in [1.54, 1.807) is 0 Å². The van der Waals surface area contributed by atoms with Gasteiger partial charge in [-0.3, -0.25) is 0 Å². The van der Waals surface area contributed by atoms with E-state index in [2.05, 4.69) is 74.4 Å². The van der Waals surface area contributed by atoms with Gasteiger partial charge in [-0.1, -0.05) is 91.6 Å². The molecule has 5 rings (SSSR count). The Bertz CT molecular complexity index is 1140. The van der Waals surface area contributed by atoms with Gasteiger partial charge >= 0.3 is 0 Å². The van der Waals surface area contributed by atoms with Crippen molar-refractivity contribution in [2.45, 2.75) is 44.3 Å². The van der Waals surface area contributed by atoms with Crippen LogP contribution in [0, 0.1) is 24.7 Å². The van der Waals surface area contributed by atoms with Crippen molar-refractivity contribution in [1.82, 2.24) is 0 Å². The first kappa shape index (κ1) is 22.4. The standard InChI is InChI=1S/C23H26OSi2.C6H4/c1-7-19-13-9-11-15-21(19)23(22-16-12-10-14-20(22)8-2)17-18-25(3,4)26(5,6)24-23;1-2-6-4-3-5(1)6/h1-2,9-16H,17-18H2,3-6H3;1-4H. The SMILES string of the molecule is C#Cc1ccccc1C1(c2ccccc2C#C)CC[Si](C)(C)[Si](C)(C)O1.c1cc2ccc1-2. The molecule has 0 amide bonds. The summed E-state index contributed by atoms with van der Waals surface area (Å²) in [5.41, 5.74) is 6.25. The van der Waals surface area contributed by atoms with Gasteiger partial charge in [0.2, 0.25) is 0 Å². The molecule has 2 aromatic carbocycles. The van der Waals surface area contributed by atoms with Crippen LogP contribution in [0.4, 0.5) is 0 Å². The van der Waals surface area contributed by atoms with Gasteiger partial charge in [0.25, 0.3) is 0 Å². The smallest absolute Gasteiger partial charge is 0.175 e. The van der Waals surface area contributed by atoms with Crippen LogP contribution in [0.3, 0.4) is 0 Å². The molecule has 0 unspecified atom stereocenters. The van der Waals surface area contributed by atoms with Gasteiger partial charge in [-0.2, -0.15) is 0 Å². The van der Waals surface area contributed by atoms with Gasteiger partial charge < -0.3 is 4.43 Å². The molecule has 0 atom stereocenters.